The van der Waals surface area contributed by atoms with Crippen molar-refractivity contribution in [2.45, 2.75) is 32.9 Å². The predicted molar refractivity (Wildman–Crippen MR) is 44.6 cm³/mol. The summed E-state index contributed by atoms with van der Waals surface area (Å²) in [4.78, 5) is 0. The monoisotopic (exact) mass is 145 g/mol. The van der Waals surface area contributed by atoms with Crippen LogP contribution in [0.25, 0.3) is 0 Å². The van der Waals surface area contributed by atoms with Crippen molar-refractivity contribution in [1.29, 1.82) is 0 Å². The van der Waals surface area contributed by atoms with E-state index in [0.29, 0.717) is 6.17 Å². The van der Waals surface area contributed by atoms with Gasteiger partial charge in [-0.1, -0.05) is 13.3 Å². The Hall–Kier alpha value is -0.120. The van der Waals surface area contributed by atoms with Gasteiger partial charge < -0.3 is 5.32 Å². The van der Waals surface area contributed by atoms with E-state index in [2.05, 4.69) is 30.0 Å². The zero-order chi connectivity index (χ0) is 7.82. The molecule has 0 saturated carbocycles. The highest BCUT2D eigenvalue weighted by Crippen LogP contribution is 1.82. The Bertz CT molecular complexity index is 65.9. The van der Waals surface area contributed by atoms with Crippen molar-refractivity contribution in [3.8, 4) is 0 Å². The van der Waals surface area contributed by atoms with Crippen molar-refractivity contribution < 1.29 is 0 Å². The largest absolute Gasteiger partial charge is 0.301 e. The first-order chi connectivity index (χ1) is 4.81. The molecule has 0 bridgehead atoms. The first-order valence-electron chi connectivity index (χ1n) is 3.97. The molecule has 0 aliphatic rings. The van der Waals surface area contributed by atoms with Crippen LogP contribution in [0.4, 0.5) is 0 Å². The molecule has 0 amide bonds. The average molecular weight is 145 g/mol. The number of hydrogen-bond acceptors (Lipinski definition) is 3. The number of nitrogens with one attached hydrogen (secondary N) is 3. The summed E-state index contributed by atoms with van der Waals surface area (Å²) in [6.45, 7) is 5.37. The maximum absolute atomic E-state index is 3.31. The highest BCUT2D eigenvalue weighted by atomic mass is 15.4. The molecule has 3 nitrogen and oxygen atoms in total. The fourth-order valence-corrected chi connectivity index (χ4v) is 0.763. The molecule has 0 heterocycles. The Morgan fingerprint density at radius 2 is 2.10 bits per heavy atom. The lowest BCUT2D eigenvalue weighted by atomic mass is 10.3. The van der Waals surface area contributed by atoms with E-state index in [0.717, 1.165) is 6.54 Å². The average Bonchev–Trinajstić information content (AvgIpc) is 1.89. The molecule has 62 valence electrons. The van der Waals surface area contributed by atoms with Crippen molar-refractivity contribution in [1.82, 2.24) is 16.2 Å². The zero-order valence-corrected chi connectivity index (χ0v) is 7.20. The molecular formula is C7H19N3. The molecule has 0 aliphatic heterocycles. The number of hydrogen-bond donors (Lipinski definition) is 3. The minimum Gasteiger partial charge on any atom is -0.301 e. The molecule has 3 N–H and O–H groups in total. The third-order valence-electron chi connectivity index (χ3n) is 1.34. The van der Waals surface area contributed by atoms with Crippen LogP contribution in [-0.2, 0) is 0 Å². The molecule has 0 rings (SSSR count). The van der Waals surface area contributed by atoms with Gasteiger partial charge in [0.25, 0.3) is 0 Å². The highest BCUT2D eigenvalue weighted by Gasteiger charge is 1.94. The molecule has 0 spiro atoms. The van der Waals surface area contributed by atoms with Crippen LogP contribution in [0.15, 0.2) is 0 Å². The number of unbranched alkanes of at least 4 members (excludes halogenated alkanes) is 1. The van der Waals surface area contributed by atoms with Crippen LogP contribution in [0.5, 0.6) is 0 Å². The molecular weight excluding hydrogens is 126 g/mol. The summed E-state index contributed by atoms with van der Waals surface area (Å²) in [6.07, 6.45) is 2.85. The molecule has 0 aromatic rings. The van der Waals surface area contributed by atoms with Crippen LogP contribution in [0, 0.1) is 0 Å². The van der Waals surface area contributed by atoms with Crippen LogP contribution in [0.1, 0.15) is 26.7 Å². The van der Waals surface area contributed by atoms with Gasteiger partial charge in [-0.15, -0.1) is 0 Å². The van der Waals surface area contributed by atoms with Gasteiger partial charge in [0, 0.05) is 0 Å². The van der Waals surface area contributed by atoms with Crippen LogP contribution in [0.3, 0.4) is 0 Å². The maximum atomic E-state index is 3.31. The number of rotatable bonds is 6. The molecule has 0 aromatic heterocycles. The van der Waals surface area contributed by atoms with Crippen molar-refractivity contribution in [2.75, 3.05) is 13.6 Å². The second-order valence-electron chi connectivity index (χ2n) is 2.42. The maximum Gasteiger partial charge on any atom is 0.0675 e. The highest BCUT2D eigenvalue weighted by molar-refractivity contribution is 4.52. The topological polar surface area (TPSA) is 36.1 Å². The second-order valence-corrected chi connectivity index (χ2v) is 2.42. The minimum atomic E-state index is 0.358. The zero-order valence-electron chi connectivity index (χ0n) is 7.20. The van der Waals surface area contributed by atoms with Gasteiger partial charge in [0.1, 0.15) is 0 Å². The summed E-state index contributed by atoms with van der Waals surface area (Å²) in [5, 5.41) is 3.31. The smallest absolute Gasteiger partial charge is 0.0675 e. The minimum absolute atomic E-state index is 0.358. The Morgan fingerprint density at radius 3 is 2.60 bits per heavy atom. The van der Waals surface area contributed by atoms with Crippen LogP contribution in [0.2, 0.25) is 0 Å². The Morgan fingerprint density at radius 1 is 1.40 bits per heavy atom. The van der Waals surface area contributed by atoms with E-state index in [1.807, 2.05) is 7.05 Å². The Kier molecular flexibility index (Phi) is 6.91. The van der Waals surface area contributed by atoms with Crippen molar-refractivity contribution in [3.63, 3.8) is 0 Å². The summed E-state index contributed by atoms with van der Waals surface area (Å²) in [7, 11) is 1.87. The van der Waals surface area contributed by atoms with Crippen LogP contribution in [-0.4, -0.2) is 19.8 Å². The third kappa shape index (κ3) is 6.01. The van der Waals surface area contributed by atoms with E-state index in [4.69, 9.17) is 0 Å². The molecule has 1 atom stereocenters. The number of hydrazine groups is 1. The summed E-state index contributed by atoms with van der Waals surface area (Å²) >= 11 is 0. The molecule has 10 heavy (non-hydrogen) atoms. The SMILES string of the molecule is CCCCNC(C)NNC. The fourth-order valence-electron chi connectivity index (χ4n) is 0.763. The van der Waals surface area contributed by atoms with Gasteiger partial charge in [-0.3, -0.25) is 5.43 Å². The van der Waals surface area contributed by atoms with E-state index in [1.54, 1.807) is 0 Å². The lowest BCUT2D eigenvalue weighted by Crippen LogP contribution is -2.45. The summed E-state index contributed by atoms with van der Waals surface area (Å²) in [6, 6.07) is 0. The molecule has 0 radical (unpaired) electrons. The lowest BCUT2D eigenvalue weighted by Gasteiger charge is -2.13. The molecule has 0 aromatic carbocycles. The van der Waals surface area contributed by atoms with Gasteiger partial charge in [-0.2, -0.15) is 0 Å². The summed E-state index contributed by atoms with van der Waals surface area (Å²) in [5.74, 6) is 0. The molecule has 0 fully saturated rings. The summed E-state index contributed by atoms with van der Waals surface area (Å²) in [5.41, 5.74) is 5.93. The molecule has 1 unspecified atom stereocenters. The molecule has 3 heteroatoms. The van der Waals surface area contributed by atoms with Crippen LogP contribution >= 0.6 is 0 Å². The predicted octanol–water partition coefficient (Wildman–Crippen LogP) is 0.446. The first kappa shape index (κ1) is 9.88. The van der Waals surface area contributed by atoms with Gasteiger partial charge in [-0.25, -0.2) is 5.43 Å². The first-order valence-corrected chi connectivity index (χ1v) is 3.97. The second kappa shape index (κ2) is 6.99. The Labute approximate surface area is 63.5 Å². The van der Waals surface area contributed by atoms with Crippen molar-refractivity contribution in [2.24, 2.45) is 0 Å². The van der Waals surface area contributed by atoms with Crippen molar-refractivity contribution >= 4 is 0 Å². The molecule has 0 aliphatic carbocycles. The van der Waals surface area contributed by atoms with Gasteiger partial charge >= 0.3 is 0 Å². The lowest BCUT2D eigenvalue weighted by molar-refractivity contribution is 0.410. The van der Waals surface area contributed by atoms with E-state index < -0.39 is 0 Å². The van der Waals surface area contributed by atoms with E-state index in [-0.39, 0.29) is 0 Å². The van der Waals surface area contributed by atoms with E-state index >= 15 is 0 Å². The van der Waals surface area contributed by atoms with E-state index in [1.165, 1.54) is 12.8 Å². The normalized spacial score (nSPS) is 13.5. The van der Waals surface area contributed by atoms with Gasteiger partial charge in [0.05, 0.1) is 6.17 Å². The fraction of sp³-hybridized carbons (Fsp3) is 1.00. The third-order valence-corrected chi connectivity index (χ3v) is 1.34. The van der Waals surface area contributed by atoms with Crippen molar-refractivity contribution in [3.05, 3.63) is 0 Å². The Balaban J connectivity index is 2.97. The van der Waals surface area contributed by atoms with Crippen LogP contribution < -0.4 is 16.2 Å². The quantitative estimate of drug-likeness (QED) is 0.288. The molecule has 0 saturated heterocycles. The van der Waals surface area contributed by atoms with Gasteiger partial charge in [0.15, 0.2) is 0 Å². The van der Waals surface area contributed by atoms with E-state index in [9.17, 15) is 0 Å². The summed E-state index contributed by atoms with van der Waals surface area (Å²) < 4.78 is 0. The van der Waals surface area contributed by atoms with Gasteiger partial charge in [-0.05, 0) is 26.9 Å². The standard InChI is InChI=1S/C7H19N3/c1-4-5-6-9-7(2)10-8-3/h7-10H,4-6H2,1-3H3. The van der Waals surface area contributed by atoms with Gasteiger partial charge in [0.2, 0.25) is 0 Å².